The molecule has 0 bridgehead atoms. The number of hydrogen-bond donors (Lipinski definition) is 4. The number of nitrogens with one attached hydrogen (secondary N) is 2. The number of carbonyl (C=O) groups is 1. The molecule has 45 heavy (non-hydrogen) atoms. The smallest absolute Gasteiger partial charge is 0.223 e. The van der Waals surface area contributed by atoms with Crippen molar-refractivity contribution >= 4 is 11.6 Å². The Bertz CT molecular complexity index is 1130. The molecule has 0 aliphatic rings. The molecule has 5 atom stereocenters. The van der Waals surface area contributed by atoms with Gasteiger partial charge in [-0.2, -0.15) is 0 Å². The molecule has 0 aliphatic heterocycles. The van der Waals surface area contributed by atoms with Gasteiger partial charge in [-0.3, -0.25) is 4.79 Å². The van der Waals surface area contributed by atoms with Crippen LogP contribution in [0.15, 0.2) is 42.5 Å². The predicted octanol–water partition coefficient (Wildman–Crippen LogP) is 6.22. The van der Waals surface area contributed by atoms with Crippen molar-refractivity contribution < 1.29 is 24.1 Å². The molecule has 2 aromatic carbocycles. The van der Waals surface area contributed by atoms with Crippen LogP contribution in [0, 0.1) is 24.7 Å². The Labute approximate surface area is 272 Å². The Hall–Kier alpha value is -2.65. The van der Waals surface area contributed by atoms with Gasteiger partial charge in [0.15, 0.2) is 0 Å². The van der Waals surface area contributed by atoms with Gasteiger partial charge in [0.25, 0.3) is 0 Å². The van der Waals surface area contributed by atoms with Crippen LogP contribution in [0.25, 0.3) is 0 Å². The molecule has 0 fully saturated rings. The number of aryl methyl sites for hydroxylation is 1. The Balaban J connectivity index is 1.92. The van der Waals surface area contributed by atoms with Crippen molar-refractivity contribution in [1.82, 2.24) is 5.32 Å². The number of nitrogens with two attached hydrogens (primary N) is 1. The van der Waals surface area contributed by atoms with E-state index in [-0.39, 0.29) is 48.1 Å². The van der Waals surface area contributed by atoms with E-state index in [9.17, 15) is 9.90 Å². The molecule has 0 radical (unpaired) electrons. The SMILES string of the molecule is CC[C@H](C)[C@@H](CNc1ccc(C(C)(C)C)cc1)NC(=O)[C@@H](C[C@H](O)[C@@H](N)COCc1ccc(C)c(OCCCOC)c1)C(C)C. The van der Waals surface area contributed by atoms with Crippen LogP contribution in [0.2, 0.25) is 0 Å². The summed E-state index contributed by atoms with van der Waals surface area (Å²) in [6.45, 7) is 19.3. The van der Waals surface area contributed by atoms with Crippen LogP contribution >= 0.6 is 0 Å². The highest BCUT2D eigenvalue weighted by molar-refractivity contribution is 5.79. The van der Waals surface area contributed by atoms with Crippen LogP contribution in [0.5, 0.6) is 5.75 Å². The summed E-state index contributed by atoms with van der Waals surface area (Å²) >= 11 is 0. The molecule has 2 rings (SSSR count). The number of amides is 1. The molecule has 1 amide bonds. The number of aliphatic hydroxyl groups is 1. The maximum atomic E-state index is 13.6. The van der Waals surface area contributed by atoms with E-state index in [0.29, 0.717) is 26.4 Å². The molecule has 0 aromatic heterocycles. The molecule has 0 heterocycles. The first-order valence-electron chi connectivity index (χ1n) is 16.6. The van der Waals surface area contributed by atoms with Gasteiger partial charge in [-0.05, 0) is 65.5 Å². The van der Waals surface area contributed by atoms with Gasteiger partial charge in [0.1, 0.15) is 5.75 Å². The van der Waals surface area contributed by atoms with E-state index in [1.165, 1.54) is 5.56 Å². The molecule has 0 saturated carbocycles. The van der Waals surface area contributed by atoms with Crippen LogP contribution in [-0.2, 0) is 26.3 Å². The second-order valence-corrected chi connectivity index (χ2v) is 13.8. The highest BCUT2D eigenvalue weighted by Crippen LogP contribution is 2.25. The highest BCUT2D eigenvalue weighted by atomic mass is 16.5. The van der Waals surface area contributed by atoms with E-state index in [1.54, 1.807) is 7.11 Å². The van der Waals surface area contributed by atoms with Crippen LogP contribution in [0.1, 0.15) is 84.4 Å². The lowest BCUT2D eigenvalue weighted by Crippen LogP contribution is -2.49. The number of anilines is 1. The molecular formula is C37H61N3O5. The molecule has 8 heteroatoms. The van der Waals surface area contributed by atoms with Gasteiger partial charge in [-0.15, -0.1) is 0 Å². The Morgan fingerprint density at radius 3 is 2.33 bits per heavy atom. The first-order valence-corrected chi connectivity index (χ1v) is 16.6. The van der Waals surface area contributed by atoms with Crippen molar-refractivity contribution in [3.63, 3.8) is 0 Å². The average molecular weight is 628 g/mol. The van der Waals surface area contributed by atoms with Gasteiger partial charge >= 0.3 is 0 Å². The minimum absolute atomic E-state index is 0.0399. The fraction of sp³-hybridized carbons (Fsp3) is 0.649. The van der Waals surface area contributed by atoms with E-state index in [4.69, 9.17) is 19.9 Å². The summed E-state index contributed by atoms with van der Waals surface area (Å²) in [7, 11) is 1.68. The van der Waals surface area contributed by atoms with Gasteiger partial charge in [0, 0.05) is 44.3 Å². The van der Waals surface area contributed by atoms with E-state index in [1.807, 2.05) is 39.0 Å². The number of methoxy groups -OCH3 is 1. The second-order valence-electron chi connectivity index (χ2n) is 13.8. The number of carbonyl (C=O) groups excluding carboxylic acids is 1. The van der Waals surface area contributed by atoms with Crippen molar-refractivity contribution in [1.29, 1.82) is 0 Å². The van der Waals surface area contributed by atoms with E-state index in [0.717, 1.165) is 35.4 Å². The molecular weight excluding hydrogens is 566 g/mol. The molecule has 8 nitrogen and oxygen atoms in total. The third kappa shape index (κ3) is 13.3. The molecule has 0 aliphatic carbocycles. The fourth-order valence-electron chi connectivity index (χ4n) is 5.10. The fourth-order valence-corrected chi connectivity index (χ4v) is 5.10. The van der Waals surface area contributed by atoms with Crippen LogP contribution < -0.4 is 21.1 Å². The molecule has 254 valence electrons. The highest BCUT2D eigenvalue weighted by Gasteiger charge is 2.30. The van der Waals surface area contributed by atoms with Crippen LogP contribution in [0.4, 0.5) is 5.69 Å². The van der Waals surface area contributed by atoms with E-state index < -0.39 is 12.1 Å². The van der Waals surface area contributed by atoms with Crippen molar-refractivity contribution in [3.8, 4) is 5.75 Å². The number of aliphatic hydroxyl groups excluding tert-OH is 1. The lowest BCUT2D eigenvalue weighted by molar-refractivity contribution is -0.128. The molecule has 2 aromatic rings. The van der Waals surface area contributed by atoms with E-state index in [2.05, 4.69) is 69.5 Å². The molecule has 0 saturated heterocycles. The summed E-state index contributed by atoms with van der Waals surface area (Å²) < 4.78 is 16.9. The Kier molecular flexibility index (Phi) is 16.4. The normalized spacial score (nSPS) is 15.3. The van der Waals surface area contributed by atoms with Gasteiger partial charge in [0.05, 0.1) is 32.0 Å². The molecule has 0 spiro atoms. The average Bonchev–Trinajstić information content (AvgIpc) is 3.00. The third-order valence-corrected chi connectivity index (χ3v) is 8.65. The molecule has 5 N–H and O–H groups in total. The zero-order chi connectivity index (χ0) is 33.6. The van der Waals surface area contributed by atoms with E-state index >= 15 is 0 Å². The van der Waals surface area contributed by atoms with Crippen LogP contribution in [-0.4, -0.2) is 62.7 Å². The van der Waals surface area contributed by atoms with Crippen LogP contribution in [0.3, 0.4) is 0 Å². The maximum absolute atomic E-state index is 13.6. The first kappa shape index (κ1) is 38.5. The largest absolute Gasteiger partial charge is 0.493 e. The summed E-state index contributed by atoms with van der Waals surface area (Å²) in [5.41, 5.74) is 10.8. The third-order valence-electron chi connectivity index (χ3n) is 8.65. The number of ether oxygens (including phenoxy) is 3. The number of rotatable bonds is 20. The topological polar surface area (TPSA) is 115 Å². The summed E-state index contributed by atoms with van der Waals surface area (Å²) in [5, 5.41) is 17.8. The Morgan fingerprint density at radius 1 is 1.04 bits per heavy atom. The zero-order valence-corrected chi connectivity index (χ0v) is 29.3. The van der Waals surface area contributed by atoms with Crippen molar-refractivity contribution in [3.05, 3.63) is 59.2 Å². The summed E-state index contributed by atoms with van der Waals surface area (Å²) in [6, 6.07) is 13.8. The summed E-state index contributed by atoms with van der Waals surface area (Å²) in [5.74, 6) is 0.718. The number of benzene rings is 2. The Morgan fingerprint density at radius 2 is 1.73 bits per heavy atom. The molecule has 0 unspecified atom stereocenters. The number of hydrogen-bond acceptors (Lipinski definition) is 7. The zero-order valence-electron chi connectivity index (χ0n) is 29.3. The monoisotopic (exact) mass is 627 g/mol. The summed E-state index contributed by atoms with van der Waals surface area (Å²) in [6.07, 6.45) is 1.16. The van der Waals surface area contributed by atoms with Gasteiger partial charge in [-0.1, -0.05) is 79.2 Å². The van der Waals surface area contributed by atoms with Crippen molar-refractivity contribution in [2.75, 3.05) is 38.8 Å². The second kappa shape index (κ2) is 19.1. The van der Waals surface area contributed by atoms with Gasteiger partial charge in [0.2, 0.25) is 5.91 Å². The lowest BCUT2D eigenvalue weighted by Gasteiger charge is -2.30. The summed E-state index contributed by atoms with van der Waals surface area (Å²) in [4.78, 5) is 13.6. The minimum atomic E-state index is -0.873. The predicted molar refractivity (Wildman–Crippen MR) is 185 cm³/mol. The lowest BCUT2D eigenvalue weighted by atomic mass is 9.86. The van der Waals surface area contributed by atoms with Gasteiger partial charge in [-0.25, -0.2) is 0 Å². The van der Waals surface area contributed by atoms with Gasteiger partial charge < -0.3 is 35.7 Å². The maximum Gasteiger partial charge on any atom is 0.223 e. The quantitative estimate of drug-likeness (QED) is 0.129. The standard InChI is InChI=1S/C37H61N3O5/c1-10-26(4)33(22-39-30-16-14-29(15-17-30)37(6,7)8)40-36(42)31(25(2)3)21-34(41)32(38)24-44-23-28-13-12-27(5)35(20-28)45-19-11-18-43-9/h12-17,20,25-26,31-34,39,41H,10-11,18-19,21-24,38H2,1-9H3,(H,40,42)/t26-,31-,32-,33+,34-/m0/s1. The minimum Gasteiger partial charge on any atom is -0.493 e. The first-order chi connectivity index (χ1) is 21.3. The van der Waals surface area contributed by atoms with Crippen molar-refractivity contribution in [2.45, 2.75) is 105 Å². The van der Waals surface area contributed by atoms with Crippen molar-refractivity contribution in [2.24, 2.45) is 23.5 Å².